The van der Waals surface area contributed by atoms with Crippen LogP contribution < -0.4 is 0 Å². The van der Waals surface area contributed by atoms with Crippen LogP contribution in [0.1, 0.15) is 29.3 Å². The molecule has 0 spiro atoms. The maximum absolute atomic E-state index is 12.6. The fraction of sp³-hybridized carbons (Fsp3) is 0.238. The Morgan fingerprint density at radius 3 is 2.32 bits per heavy atom. The third-order valence-corrected chi connectivity index (χ3v) is 3.98. The summed E-state index contributed by atoms with van der Waals surface area (Å²) in [6.07, 6.45) is 0.399. The van der Waals surface area contributed by atoms with Crippen molar-refractivity contribution in [3.8, 4) is 5.69 Å². The van der Waals surface area contributed by atoms with E-state index in [1.807, 2.05) is 43.3 Å². The van der Waals surface area contributed by atoms with Gasteiger partial charge in [-0.3, -0.25) is 0 Å². The van der Waals surface area contributed by atoms with Gasteiger partial charge in [-0.1, -0.05) is 24.8 Å². The SMILES string of the molecule is C=C(C)C(=O)OCCCOC(=O)c1ccc(C)cc1-n1nc2ccccc2n1. The van der Waals surface area contributed by atoms with E-state index in [9.17, 15) is 9.59 Å². The minimum Gasteiger partial charge on any atom is -0.462 e. The van der Waals surface area contributed by atoms with Gasteiger partial charge in [0.15, 0.2) is 0 Å². The smallest absolute Gasteiger partial charge is 0.340 e. The van der Waals surface area contributed by atoms with Crippen LogP contribution in [0.15, 0.2) is 54.6 Å². The summed E-state index contributed by atoms with van der Waals surface area (Å²) in [6.45, 7) is 7.30. The number of hydrogen-bond acceptors (Lipinski definition) is 6. The van der Waals surface area contributed by atoms with Crippen LogP contribution >= 0.6 is 0 Å². The topological polar surface area (TPSA) is 83.3 Å². The number of rotatable bonds is 7. The Bertz CT molecular complexity index is 1010. The molecule has 0 radical (unpaired) electrons. The quantitative estimate of drug-likeness (QED) is 0.355. The summed E-state index contributed by atoms with van der Waals surface area (Å²) < 4.78 is 10.3. The number of hydrogen-bond donors (Lipinski definition) is 0. The second kappa shape index (κ2) is 8.47. The van der Waals surface area contributed by atoms with Crippen LogP contribution in [0.4, 0.5) is 0 Å². The van der Waals surface area contributed by atoms with Gasteiger partial charge in [-0.25, -0.2) is 9.59 Å². The number of benzene rings is 2. The molecular formula is C21H21N3O4. The highest BCUT2D eigenvalue weighted by atomic mass is 16.5. The standard InChI is InChI=1S/C21H21N3O4/c1-14(2)20(25)27-11-6-12-28-21(26)16-10-9-15(3)13-19(16)24-22-17-7-4-5-8-18(17)23-24/h4-5,7-10,13H,1,6,11-12H2,2-3H3. The predicted molar refractivity (Wildman–Crippen MR) is 104 cm³/mol. The van der Waals surface area contributed by atoms with Gasteiger partial charge in [-0.05, 0) is 43.7 Å². The molecule has 0 amide bonds. The molecule has 7 nitrogen and oxygen atoms in total. The summed E-state index contributed by atoms with van der Waals surface area (Å²) in [6, 6.07) is 12.9. The molecule has 0 aliphatic heterocycles. The summed E-state index contributed by atoms with van der Waals surface area (Å²) >= 11 is 0. The molecule has 0 N–H and O–H groups in total. The molecule has 0 aliphatic carbocycles. The van der Waals surface area contributed by atoms with Crippen molar-refractivity contribution < 1.29 is 19.1 Å². The summed E-state index contributed by atoms with van der Waals surface area (Å²) in [4.78, 5) is 25.3. The molecule has 3 aromatic rings. The van der Waals surface area contributed by atoms with E-state index in [0.717, 1.165) is 16.6 Å². The zero-order valence-corrected chi connectivity index (χ0v) is 15.8. The monoisotopic (exact) mass is 379 g/mol. The van der Waals surface area contributed by atoms with E-state index < -0.39 is 11.9 Å². The molecule has 28 heavy (non-hydrogen) atoms. The van der Waals surface area contributed by atoms with Crippen molar-refractivity contribution in [1.82, 2.24) is 15.0 Å². The van der Waals surface area contributed by atoms with E-state index >= 15 is 0 Å². The summed E-state index contributed by atoms with van der Waals surface area (Å²) in [5.74, 6) is -0.938. The molecule has 0 atom stereocenters. The van der Waals surface area contributed by atoms with Crippen LogP contribution in [-0.2, 0) is 14.3 Å². The Morgan fingerprint density at radius 1 is 1.04 bits per heavy atom. The minimum absolute atomic E-state index is 0.129. The Balaban J connectivity index is 1.71. The lowest BCUT2D eigenvalue weighted by molar-refractivity contribution is -0.139. The molecule has 1 aromatic heterocycles. The van der Waals surface area contributed by atoms with Crippen LogP contribution in [0.25, 0.3) is 16.7 Å². The van der Waals surface area contributed by atoms with Crippen LogP contribution in [0, 0.1) is 6.92 Å². The Morgan fingerprint density at radius 2 is 1.68 bits per heavy atom. The molecule has 3 rings (SSSR count). The average molecular weight is 379 g/mol. The van der Waals surface area contributed by atoms with Gasteiger partial charge in [0.05, 0.1) is 18.8 Å². The second-order valence-electron chi connectivity index (χ2n) is 6.40. The van der Waals surface area contributed by atoms with Gasteiger partial charge in [-0.15, -0.1) is 15.0 Å². The number of ether oxygens (including phenoxy) is 2. The average Bonchev–Trinajstić information content (AvgIpc) is 3.11. The van der Waals surface area contributed by atoms with Crippen molar-refractivity contribution >= 4 is 23.0 Å². The lowest BCUT2D eigenvalue weighted by Crippen LogP contribution is -2.14. The van der Waals surface area contributed by atoms with E-state index in [1.165, 1.54) is 4.80 Å². The zero-order chi connectivity index (χ0) is 20.1. The highest BCUT2D eigenvalue weighted by Gasteiger charge is 2.17. The summed E-state index contributed by atoms with van der Waals surface area (Å²) in [5, 5.41) is 8.89. The molecule has 7 heteroatoms. The molecular weight excluding hydrogens is 358 g/mol. The van der Waals surface area contributed by atoms with Gasteiger partial charge in [-0.2, -0.15) is 0 Å². The molecule has 2 aromatic carbocycles. The van der Waals surface area contributed by atoms with Crippen molar-refractivity contribution in [1.29, 1.82) is 0 Å². The highest BCUT2D eigenvalue weighted by molar-refractivity contribution is 5.93. The molecule has 0 aliphatic rings. The van der Waals surface area contributed by atoms with Crippen molar-refractivity contribution in [3.05, 3.63) is 65.7 Å². The van der Waals surface area contributed by atoms with Gasteiger partial charge in [0.1, 0.15) is 16.7 Å². The summed E-state index contributed by atoms with van der Waals surface area (Å²) in [7, 11) is 0. The predicted octanol–water partition coefficient (Wildman–Crippen LogP) is 3.40. The first kappa shape index (κ1) is 19.3. The molecule has 0 saturated heterocycles. The van der Waals surface area contributed by atoms with E-state index in [1.54, 1.807) is 13.0 Å². The van der Waals surface area contributed by atoms with Crippen molar-refractivity contribution in [2.75, 3.05) is 13.2 Å². The Hall–Kier alpha value is -3.48. The fourth-order valence-electron chi connectivity index (χ4n) is 2.54. The lowest BCUT2D eigenvalue weighted by Gasteiger charge is -2.10. The van der Waals surface area contributed by atoms with E-state index in [-0.39, 0.29) is 13.2 Å². The molecule has 0 unspecified atom stereocenters. The van der Waals surface area contributed by atoms with Crippen molar-refractivity contribution in [2.45, 2.75) is 20.3 Å². The number of carbonyl (C=O) groups excluding carboxylic acids is 2. The van der Waals surface area contributed by atoms with Gasteiger partial charge >= 0.3 is 11.9 Å². The van der Waals surface area contributed by atoms with Crippen LogP contribution in [0.2, 0.25) is 0 Å². The molecule has 144 valence electrons. The van der Waals surface area contributed by atoms with Crippen LogP contribution in [0.5, 0.6) is 0 Å². The number of carbonyl (C=O) groups is 2. The van der Waals surface area contributed by atoms with Crippen molar-refractivity contribution in [3.63, 3.8) is 0 Å². The maximum atomic E-state index is 12.6. The summed E-state index contributed by atoms with van der Waals surface area (Å²) in [5.41, 5.74) is 3.70. The number of esters is 2. The maximum Gasteiger partial charge on any atom is 0.340 e. The van der Waals surface area contributed by atoms with Crippen LogP contribution in [0.3, 0.4) is 0 Å². The van der Waals surface area contributed by atoms with Gasteiger partial charge < -0.3 is 9.47 Å². The Labute approximate surface area is 162 Å². The first-order valence-electron chi connectivity index (χ1n) is 8.88. The fourth-order valence-corrected chi connectivity index (χ4v) is 2.54. The minimum atomic E-state index is -0.484. The first-order chi connectivity index (χ1) is 13.5. The Kier molecular flexibility index (Phi) is 5.84. The second-order valence-corrected chi connectivity index (χ2v) is 6.40. The van der Waals surface area contributed by atoms with E-state index in [4.69, 9.17) is 9.47 Å². The first-order valence-corrected chi connectivity index (χ1v) is 8.88. The number of nitrogens with zero attached hydrogens (tertiary/aromatic N) is 3. The van der Waals surface area contributed by atoms with Crippen LogP contribution in [-0.4, -0.2) is 40.1 Å². The lowest BCUT2D eigenvalue weighted by atomic mass is 10.1. The largest absolute Gasteiger partial charge is 0.462 e. The number of fused-ring (bicyclic) bond motifs is 1. The van der Waals surface area contributed by atoms with Gasteiger partial charge in [0, 0.05) is 12.0 Å². The molecule has 1 heterocycles. The molecule has 0 saturated carbocycles. The number of aryl methyl sites for hydroxylation is 1. The van der Waals surface area contributed by atoms with Crippen molar-refractivity contribution in [2.24, 2.45) is 0 Å². The molecule has 0 bridgehead atoms. The van der Waals surface area contributed by atoms with Gasteiger partial charge in [0.25, 0.3) is 0 Å². The third kappa shape index (κ3) is 4.43. The zero-order valence-electron chi connectivity index (χ0n) is 15.8. The number of aromatic nitrogens is 3. The highest BCUT2D eigenvalue weighted by Crippen LogP contribution is 2.19. The van der Waals surface area contributed by atoms with E-state index in [2.05, 4.69) is 16.8 Å². The van der Waals surface area contributed by atoms with Gasteiger partial charge in [0.2, 0.25) is 0 Å². The molecule has 0 fully saturated rings. The normalized spacial score (nSPS) is 10.6. The van der Waals surface area contributed by atoms with E-state index in [0.29, 0.717) is 23.2 Å². The third-order valence-electron chi connectivity index (χ3n) is 3.98.